The first-order valence-corrected chi connectivity index (χ1v) is 5.12. The van der Waals surface area contributed by atoms with Gasteiger partial charge in [-0.05, 0) is 19.3 Å². The van der Waals surface area contributed by atoms with E-state index in [1.807, 2.05) is 0 Å². The molecule has 1 nitrogen and oxygen atoms in total. The molecule has 1 aliphatic rings. The number of nitrogens with zero attached hydrogens (tertiary/aromatic N) is 1. The minimum Gasteiger partial charge on any atom is -0.366 e. The highest BCUT2D eigenvalue weighted by molar-refractivity contribution is 5.01. The van der Waals surface area contributed by atoms with E-state index in [1.165, 1.54) is 0 Å². The fraction of sp³-hybridized carbons (Fsp3) is 0.818. The van der Waals surface area contributed by atoms with Crippen LogP contribution in [0.5, 0.6) is 0 Å². The van der Waals surface area contributed by atoms with E-state index >= 15 is 0 Å². The molecule has 3 heteroatoms. The predicted molar refractivity (Wildman–Crippen MR) is 54.3 cm³/mol. The lowest BCUT2D eigenvalue weighted by Crippen LogP contribution is -2.29. The standard InChI is InChI=1S/C11H19F2N/c1-8(2)5-10-6-11(12,13)7-14(10)9(3)4/h8,10H,3,5-7H2,1-2,4H3. The summed E-state index contributed by atoms with van der Waals surface area (Å²) in [5.74, 6) is -2.07. The van der Waals surface area contributed by atoms with Gasteiger partial charge in [-0.1, -0.05) is 20.4 Å². The molecule has 0 aromatic heterocycles. The van der Waals surface area contributed by atoms with Crippen molar-refractivity contribution in [3.8, 4) is 0 Å². The van der Waals surface area contributed by atoms with Gasteiger partial charge in [0.2, 0.25) is 0 Å². The minimum absolute atomic E-state index is 0.0158. The molecule has 0 bridgehead atoms. The molecule has 82 valence electrons. The Hall–Kier alpha value is -0.600. The zero-order valence-corrected chi connectivity index (χ0v) is 9.19. The summed E-state index contributed by atoms with van der Waals surface area (Å²) in [7, 11) is 0. The minimum atomic E-state index is -2.53. The molecule has 0 radical (unpaired) electrons. The van der Waals surface area contributed by atoms with Crippen LogP contribution in [0.3, 0.4) is 0 Å². The van der Waals surface area contributed by atoms with Crippen LogP contribution < -0.4 is 0 Å². The van der Waals surface area contributed by atoms with E-state index < -0.39 is 5.92 Å². The maximum atomic E-state index is 13.2. The molecule has 1 atom stereocenters. The number of alkyl halides is 2. The Balaban J connectivity index is 2.67. The molecule has 1 aliphatic heterocycles. The lowest BCUT2D eigenvalue weighted by atomic mass is 10.0. The highest BCUT2D eigenvalue weighted by Crippen LogP contribution is 2.36. The molecule has 1 unspecified atom stereocenters. The third-order valence-electron chi connectivity index (χ3n) is 2.61. The van der Waals surface area contributed by atoms with Crippen LogP contribution in [0.25, 0.3) is 0 Å². The molecule has 14 heavy (non-hydrogen) atoms. The van der Waals surface area contributed by atoms with E-state index in [4.69, 9.17) is 0 Å². The Bertz CT molecular complexity index is 223. The lowest BCUT2D eigenvalue weighted by molar-refractivity contribution is 0.0144. The van der Waals surface area contributed by atoms with Crippen LogP contribution in [0, 0.1) is 5.92 Å². The fourth-order valence-corrected chi connectivity index (χ4v) is 2.10. The maximum Gasteiger partial charge on any atom is 0.267 e. The summed E-state index contributed by atoms with van der Waals surface area (Å²) in [5.41, 5.74) is 0.757. The molecule has 0 spiro atoms. The second kappa shape index (κ2) is 3.87. The van der Waals surface area contributed by atoms with Crippen LogP contribution >= 0.6 is 0 Å². The summed E-state index contributed by atoms with van der Waals surface area (Å²) in [6.45, 7) is 9.53. The SMILES string of the molecule is C=C(C)N1CC(F)(F)CC1CC(C)C. The zero-order valence-electron chi connectivity index (χ0n) is 9.19. The van der Waals surface area contributed by atoms with Crippen molar-refractivity contribution in [2.75, 3.05) is 6.54 Å². The Kier molecular flexibility index (Phi) is 3.17. The van der Waals surface area contributed by atoms with Gasteiger partial charge >= 0.3 is 0 Å². The number of likely N-dealkylation sites (tertiary alicyclic amines) is 1. The van der Waals surface area contributed by atoms with Gasteiger partial charge < -0.3 is 4.90 Å². The Labute approximate surface area is 84.8 Å². The lowest BCUT2D eigenvalue weighted by Gasteiger charge is -2.27. The number of halogens is 2. The molecular formula is C11H19F2N. The number of hydrogen-bond acceptors (Lipinski definition) is 1. The van der Waals surface area contributed by atoms with E-state index in [-0.39, 0.29) is 19.0 Å². The second-order valence-electron chi connectivity index (χ2n) is 4.71. The normalized spacial score (nSPS) is 25.9. The monoisotopic (exact) mass is 203 g/mol. The summed E-state index contributed by atoms with van der Waals surface area (Å²) in [6.07, 6.45) is 0.806. The highest BCUT2D eigenvalue weighted by atomic mass is 19.3. The van der Waals surface area contributed by atoms with Crippen molar-refractivity contribution in [2.24, 2.45) is 5.92 Å². The van der Waals surface area contributed by atoms with Crippen LogP contribution in [0.15, 0.2) is 12.3 Å². The van der Waals surface area contributed by atoms with Crippen molar-refractivity contribution in [1.29, 1.82) is 0 Å². The van der Waals surface area contributed by atoms with Crippen molar-refractivity contribution in [3.63, 3.8) is 0 Å². The Morgan fingerprint density at radius 1 is 1.57 bits per heavy atom. The predicted octanol–water partition coefficient (Wildman–Crippen LogP) is 3.28. The van der Waals surface area contributed by atoms with E-state index in [1.54, 1.807) is 11.8 Å². The molecule has 0 saturated carbocycles. The smallest absolute Gasteiger partial charge is 0.267 e. The van der Waals surface area contributed by atoms with Gasteiger partial charge in [0.1, 0.15) is 0 Å². The van der Waals surface area contributed by atoms with Crippen LogP contribution in [0.2, 0.25) is 0 Å². The molecular weight excluding hydrogens is 184 g/mol. The van der Waals surface area contributed by atoms with Crippen molar-refractivity contribution in [3.05, 3.63) is 12.3 Å². The van der Waals surface area contributed by atoms with Gasteiger partial charge in [-0.15, -0.1) is 0 Å². The first-order chi connectivity index (χ1) is 6.32. The van der Waals surface area contributed by atoms with Gasteiger partial charge in [-0.3, -0.25) is 0 Å². The van der Waals surface area contributed by atoms with Gasteiger partial charge in [0.15, 0.2) is 0 Å². The number of rotatable bonds is 3. The van der Waals surface area contributed by atoms with Crippen LogP contribution in [0.4, 0.5) is 8.78 Å². The van der Waals surface area contributed by atoms with E-state index in [2.05, 4.69) is 20.4 Å². The van der Waals surface area contributed by atoms with Gasteiger partial charge in [0, 0.05) is 18.2 Å². The number of hydrogen-bond donors (Lipinski definition) is 0. The summed E-state index contributed by atoms with van der Waals surface area (Å²) >= 11 is 0. The molecule has 0 N–H and O–H groups in total. The fourth-order valence-electron chi connectivity index (χ4n) is 2.10. The summed E-state index contributed by atoms with van der Waals surface area (Å²) in [6, 6.07) is -0.0255. The largest absolute Gasteiger partial charge is 0.366 e. The first kappa shape index (κ1) is 11.5. The van der Waals surface area contributed by atoms with Gasteiger partial charge in [0.05, 0.1) is 6.54 Å². The molecule has 1 heterocycles. The molecule has 0 aromatic carbocycles. The summed E-state index contributed by atoms with van der Waals surface area (Å²) < 4.78 is 26.3. The third kappa shape index (κ3) is 2.69. The van der Waals surface area contributed by atoms with Crippen molar-refractivity contribution in [1.82, 2.24) is 4.90 Å². The van der Waals surface area contributed by atoms with Crippen LogP contribution in [-0.4, -0.2) is 23.4 Å². The van der Waals surface area contributed by atoms with E-state index in [0.29, 0.717) is 5.92 Å². The number of allylic oxidation sites excluding steroid dienone is 1. The van der Waals surface area contributed by atoms with Crippen LogP contribution in [-0.2, 0) is 0 Å². The van der Waals surface area contributed by atoms with Crippen molar-refractivity contribution >= 4 is 0 Å². The topological polar surface area (TPSA) is 3.24 Å². The Morgan fingerprint density at radius 2 is 2.14 bits per heavy atom. The Morgan fingerprint density at radius 3 is 2.57 bits per heavy atom. The van der Waals surface area contributed by atoms with Gasteiger partial charge in [0.25, 0.3) is 5.92 Å². The molecule has 1 saturated heterocycles. The molecule has 0 amide bonds. The second-order valence-corrected chi connectivity index (χ2v) is 4.71. The average molecular weight is 203 g/mol. The molecule has 1 fully saturated rings. The van der Waals surface area contributed by atoms with Crippen LogP contribution in [0.1, 0.15) is 33.6 Å². The zero-order chi connectivity index (χ0) is 10.9. The van der Waals surface area contributed by atoms with Gasteiger partial charge in [-0.25, -0.2) is 8.78 Å². The van der Waals surface area contributed by atoms with Gasteiger partial charge in [-0.2, -0.15) is 0 Å². The van der Waals surface area contributed by atoms with E-state index in [9.17, 15) is 8.78 Å². The summed E-state index contributed by atoms with van der Waals surface area (Å²) in [4.78, 5) is 1.75. The quantitative estimate of drug-likeness (QED) is 0.680. The third-order valence-corrected chi connectivity index (χ3v) is 2.61. The van der Waals surface area contributed by atoms with Crippen molar-refractivity contribution < 1.29 is 8.78 Å². The average Bonchev–Trinajstić information content (AvgIpc) is 2.24. The first-order valence-electron chi connectivity index (χ1n) is 5.12. The highest BCUT2D eigenvalue weighted by Gasteiger charge is 2.44. The molecule has 0 aliphatic carbocycles. The molecule has 1 rings (SSSR count). The summed E-state index contributed by atoms with van der Waals surface area (Å²) in [5, 5.41) is 0. The molecule has 0 aromatic rings. The maximum absolute atomic E-state index is 13.2. The van der Waals surface area contributed by atoms with E-state index in [0.717, 1.165) is 12.1 Å². The van der Waals surface area contributed by atoms with Crippen molar-refractivity contribution in [2.45, 2.75) is 45.6 Å².